The summed E-state index contributed by atoms with van der Waals surface area (Å²) in [7, 11) is -2.40. The number of rotatable bonds is 5. The Morgan fingerprint density at radius 3 is 2.38 bits per heavy atom. The fraction of sp³-hybridized carbons (Fsp3) is 0.125. The first kappa shape index (κ1) is 22.0. The van der Waals surface area contributed by atoms with Gasteiger partial charge in [-0.3, -0.25) is 9.10 Å². The minimum Gasteiger partial charge on any atom is -0.321 e. The Bertz CT molecular complexity index is 1430. The van der Waals surface area contributed by atoms with Gasteiger partial charge < -0.3 is 5.32 Å². The third kappa shape index (κ3) is 4.24. The number of hydrogen-bond acceptors (Lipinski definition) is 4. The predicted molar refractivity (Wildman–Crippen MR) is 128 cm³/mol. The molecule has 1 heterocycles. The van der Waals surface area contributed by atoms with E-state index in [1.165, 1.54) is 30.5 Å². The van der Waals surface area contributed by atoms with E-state index in [1.807, 2.05) is 32.0 Å². The fourth-order valence-electron chi connectivity index (χ4n) is 3.38. The molecular formula is C24H21FN2O3S2. The predicted octanol–water partition coefficient (Wildman–Crippen LogP) is 5.73. The van der Waals surface area contributed by atoms with Gasteiger partial charge in [0.2, 0.25) is 0 Å². The second-order valence-electron chi connectivity index (χ2n) is 7.53. The highest BCUT2D eigenvalue weighted by Gasteiger charge is 2.22. The van der Waals surface area contributed by atoms with Crippen LogP contribution in [0, 0.1) is 19.7 Å². The van der Waals surface area contributed by atoms with Crippen molar-refractivity contribution < 1.29 is 17.6 Å². The van der Waals surface area contributed by atoms with Crippen LogP contribution in [0.5, 0.6) is 0 Å². The largest absolute Gasteiger partial charge is 0.321 e. The van der Waals surface area contributed by atoms with Gasteiger partial charge in [0.1, 0.15) is 5.82 Å². The van der Waals surface area contributed by atoms with Crippen molar-refractivity contribution in [2.24, 2.45) is 0 Å². The van der Waals surface area contributed by atoms with Crippen molar-refractivity contribution in [3.8, 4) is 0 Å². The molecule has 0 bridgehead atoms. The molecule has 0 saturated heterocycles. The van der Waals surface area contributed by atoms with Crippen molar-refractivity contribution in [3.05, 3.63) is 88.6 Å². The van der Waals surface area contributed by atoms with Gasteiger partial charge in [-0.15, -0.1) is 11.3 Å². The molecule has 4 aromatic rings. The van der Waals surface area contributed by atoms with E-state index in [0.717, 1.165) is 43.3 Å². The van der Waals surface area contributed by atoms with Crippen molar-refractivity contribution in [2.45, 2.75) is 18.7 Å². The first-order valence-corrected chi connectivity index (χ1v) is 12.1. The molecule has 0 radical (unpaired) electrons. The molecule has 4 rings (SSSR count). The van der Waals surface area contributed by atoms with E-state index in [1.54, 1.807) is 24.3 Å². The Kier molecular flexibility index (Phi) is 5.75. The highest BCUT2D eigenvalue weighted by molar-refractivity contribution is 7.92. The zero-order valence-electron chi connectivity index (χ0n) is 17.7. The van der Waals surface area contributed by atoms with Gasteiger partial charge in [0.15, 0.2) is 0 Å². The second-order valence-corrected chi connectivity index (χ2v) is 10.6. The maximum absolute atomic E-state index is 13.2. The standard InChI is InChI=1S/C24H21FN2O3S2/c1-15-4-10-21(16(2)12-15)26-24(28)23-14-17-13-19(7-11-22(17)31-23)27(3)32(29,30)20-8-5-18(25)6-9-20/h4-14H,1-3H3,(H,26,28). The minimum atomic E-state index is -3.85. The molecule has 8 heteroatoms. The molecule has 0 atom stereocenters. The smallest absolute Gasteiger partial charge is 0.265 e. The van der Waals surface area contributed by atoms with Crippen LogP contribution in [-0.4, -0.2) is 21.4 Å². The molecular weight excluding hydrogens is 447 g/mol. The quantitative estimate of drug-likeness (QED) is 0.406. The fourth-order valence-corrected chi connectivity index (χ4v) is 5.51. The molecule has 1 N–H and O–H groups in total. The maximum atomic E-state index is 13.2. The van der Waals surface area contributed by atoms with Crippen molar-refractivity contribution >= 4 is 48.7 Å². The average Bonchev–Trinajstić information content (AvgIpc) is 3.19. The number of aryl methyl sites for hydroxylation is 2. The highest BCUT2D eigenvalue weighted by atomic mass is 32.2. The van der Waals surface area contributed by atoms with Gasteiger partial charge in [-0.1, -0.05) is 17.7 Å². The van der Waals surface area contributed by atoms with Crippen molar-refractivity contribution in [2.75, 3.05) is 16.7 Å². The van der Waals surface area contributed by atoms with E-state index in [2.05, 4.69) is 5.32 Å². The van der Waals surface area contributed by atoms with E-state index in [-0.39, 0.29) is 10.8 Å². The molecule has 5 nitrogen and oxygen atoms in total. The Hall–Kier alpha value is -3.23. The molecule has 0 fully saturated rings. The number of nitrogens with zero attached hydrogens (tertiary/aromatic N) is 1. The number of amides is 1. The first-order chi connectivity index (χ1) is 15.1. The molecule has 0 spiro atoms. The monoisotopic (exact) mass is 468 g/mol. The van der Waals surface area contributed by atoms with E-state index in [4.69, 9.17) is 0 Å². The van der Waals surface area contributed by atoms with Crippen LogP contribution in [0.4, 0.5) is 15.8 Å². The van der Waals surface area contributed by atoms with Crippen LogP contribution in [0.1, 0.15) is 20.8 Å². The molecule has 0 unspecified atom stereocenters. The number of fused-ring (bicyclic) bond motifs is 1. The Morgan fingerprint density at radius 1 is 0.969 bits per heavy atom. The topological polar surface area (TPSA) is 66.5 Å². The van der Waals surface area contributed by atoms with Gasteiger partial charge in [-0.25, -0.2) is 12.8 Å². The van der Waals surface area contributed by atoms with Crippen LogP contribution in [-0.2, 0) is 10.0 Å². The second kappa shape index (κ2) is 8.37. The van der Waals surface area contributed by atoms with Crippen molar-refractivity contribution in [1.29, 1.82) is 0 Å². The number of thiophene rings is 1. The summed E-state index contributed by atoms with van der Waals surface area (Å²) in [5.74, 6) is -0.718. The summed E-state index contributed by atoms with van der Waals surface area (Å²) in [4.78, 5) is 13.3. The highest BCUT2D eigenvalue weighted by Crippen LogP contribution is 2.32. The third-order valence-electron chi connectivity index (χ3n) is 5.19. The molecule has 0 aliphatic carbocycles. The molecule has 1 amide bonds. The Balaban J connectivity index is 1.61. The number of anilines is 2. The zero-order valence-corrected chi connectivity index (χ0v) is 19.4. The number of hydrogen-bond donors (Lipinski definition) is 1. The van der Waals surface area contributed by atoms with Crippen LogP contribution in [0.2, 0.25) is 0 Å². The summed E-state index contributed by atoms with van der Waals surface area (Å²) in [6.45, 7) is 3.94. The normalized spacial score (nSPS) is 11.5. The number of benzene rings is 3. The molecule has 164 valence electrons. The van der Waals surface area contributed by atoms with Gasteiger partial charge in [0, 0.05) is 17.4 Å². The SMILES string of the molecule is Cc1ccc(NC(=O)c2cc3cc(N(C)S(=O)(=O)c4ccc(F)cc4)ccc3s2)c(C)c1. The molecule has 1 aromatic heterocycles. The van der Waals surface area contributed by atoms with Crippen molar-refractivity contribution in [3.63, 3.8) is 0 Å². The van der Waals surface area contributed by atoms with Gasteiger partial charge >= 0.3 is 0 Å². The van der Waals surface area contributed by atoms with Gasteiger partial charge in [-0.2, -0.15) is 0 Å². The van der Waals surface area contributed by atoms with Gasteiger partial charge in [0.05, 0.1) is 15.5 Å². The molecule has 0 aliphatic heterocycles. The Morgan fingerprint density at radius 2 is 1.69 bits per heavy atom. The summed E-state index contributed by atoms with van der Waals surface area (Å²) in [5, 5.41) is 3.70. The van der Waals surface area contributed by atoms with E-state index >= 15 is 0 Å². The lowest BCUT2D eigenvalue weighted by atomic mass is 10.1. The summed E-state index contributed by atoms with van der Waals surface area (Å²) in [6.07, 6.45) is 0. The lowest BCUT2D eigenvalue weighted by Gasteiger charge is -2.19. The molecule has 32 heavy (non-hydrogen) atoms. The van der Waals surface area contributed by atoms with E-state index in [0.29, 0.717) is 10.6 Å². The molecule has 0 aliphatic rings. The summed E-state index contributed by atoms with van der Waals surface area (Å²) < 4.78 is 41.0. The maximum Gasteiger partial charge on any atom is 0.265 e. The zero-order chi connectivity index (χ0) is 23.0. The van der Waals surface area contributed by atoms with E-state index in [9.17, 15) is 17.6 Å². The Labute approximate surface area is 190 Å². The van der Waals surface area contributed by atoms with E-state index < -0.39 is 15.8 Å². The third-order valence-corrected chi connectivity index (χ3v) is 8.10. The number of nitrogens with one attached hydrogen (secondary N) is 1. The van der Waals surface area contributed by atoms with Crippen molar-refractivity contribution in [1.82, 2.24) is 0 Å². The van der Waals surface area contributed by atoms with Gasteiger partial charge in [-0.05, 0) is 79.4 Å². The van der Waals surface area contributed by atoms with Crippen LogP contribution in [0.25, 0.3) is 10.1 Å². The van der Waals surface area contributed by atoms with Crippen LogP contribution >= 0.6 is 11.3 Å². The minimum absolute atomic E-state index is 0.000324. The summed E-state index contributed by atoms with van der Waals surface area (Å²) in [6, 6.07) is 17.5. The van der Waals surface area contributed by atoms with Gasteiger partial charge in [0.25, 0.3) is 15.9 Å². The first-order valence-electron chi connectivity index (χ1n) is 9.82. The van der Waals surface area contributed by atoms with Crippen LogP contribution in [0.15, 0.2) is 71.6 Å². The number of halogens is 1. The lowest BCUT2D eigenvalue weighted by molar-refractivity contribution is 0.103. The average molecular weight is 469 g/mol. The number of carbonyl (C=O) groups excluding carboxylic acids is 1. The molecule has 0 saturated carbocycles. The molecule has 3 aromatic carbocycles. The summed E-state index contributed by atoms with van der Waals surface area (Å²) in [5.41, 5.74) is 3.30. The lowest BCUT2D eigenvalue weighted by Crippen LogP contribution is -2.26. The van der Waals surface area contributed by atoms with Crippen LogP contribution in [0.3, 0.4) is 0 Å². The summed E-state index contributed by atoms with van der Waals surface area (Å²) >= 11 is 1.34. The van der Waals surface area contributed by atoms with Crippen LogP contribution < -0.4 is 9.62 Å². The number of sulfonamides is 1. The number of carbonyl (C=O) groups is 1.